The van der Waals surface area contributed by atoms with Gasteiger partial charge in [0.25, 0.3) is 0 Å². The topological polar surface area (TPSA) is 157 Å². The summed E-state index contributed by atoms with van der Waals surface area (Å²) in [6.07, 6.45) is 12.4. The lowest BCUT2D eigenvalue weighted by Gasteiger charge is -2.15. The minimum atomic E-state index is -3.77. The molecule has 2 aromatic heterocycles. The molecule has 0 spiro atoms. The van der Waals surface area contributed by atoms with Gasteiger partial charge in [-0.1, -0.05) is 80.4 Å². The molecule has 4 aromatic rings. The van der Waals surface area contributed by atoms with Crippen LogP contribution in [0.4, 0.5) is 11.8 Å². The fraction of sp³-hybridized carbons (Fsp3) is 0.312. The predicted molar refractivity (Wildman–Crippen MR) is 185 cm³/mol. The number of carbonyl (C=O) groups excluding carboxylic acids is 1. The number of amides is 1. The van der Waals surface area contributed by atoms with Gasteiger partial charge in [0.2, 0.25) is 21.9 Å². The van der Waals surface area contributed by atoms with E-state index in [1.54, 1.807) is 59.7 Å². The Labute approximate surface area is 280 Å². The van der Waals surface area contributed by atoms with Crippen molar-refractivity contribution in [1.29, 1.82) is 0 Å². The van der Waals surface area contributed by atoms with Gasteiger partial charge in [0, 0.05) is 41.6 Å². The minimum absolute atomic E-state index is 0.0256. The first kappa shape index (κ1) is 36.5. The van der Waals surface area contributed by atoms with Gasteiger partial charge in [-0.25, -0.2) is 18.5 Å². The number of sulfonamides is 1. The van der Waals surface area contributed by atoms with Gasteiger partial charge >= 0.3 is 0 Å². The first-order chi connectivity index (χ1) is 22.1. The van der Waals surface area contributed by atoms with E-state index in [4.69, 9.17) is 28.3 Å². The molecule has 0 aliphatic heterocycles. The summed E-state index contributed by atoms with van der Waals surface area (Å²) < 4.78 is 24.6. The molecule has 1 amide bonds. The van der Waals surface area contributed by atoms with Crippen molar-refractivity contribution in [2.45, 2.75) is 57.0 Å². The molecule has 0 atom stereocenters. The summed E-state index contributed by atoms with van der Waals surface area (Å²) in [4.78, 5) is 25.4. The average Bonchev–Trinajstić information content (AvgIpc) is 3.59. The van der Waals surface area contributed by atoms with E-state index in [2.05, 4.69) is 51.0 Å². The Hall–Kier alpha value is -3.97. The van der Waals surface area contributed by atoms with Crippen molar-refractivity contribution in [1.82, 2.24) is 24.8 Å². The van der Waals surface area contributed by atoms with E-state index in [1.807, 2.05) is 0 Å². The van der Waals surface area contributed by atoms with Crippen LogP contribution in [0.2, 0.25) is 10.0 Å². The number of nitrogens with two attached hydrogens (primary N) is 1. The molecule has 2 heterocycles. The molecular weight excluding hydrogens is 647 g/mol. The SMILES string of the molecule is C=C.CC1CCCCC1.NS(=O)(=O)c1ccc(CNc2nc(NCC(=O)NCc3ccc(Cl)cc3Cl)cc(-n3ccnc3)n2)cc1. The largest absolute Gasteiger partial charge is 0.361 e. The van der Waals surface area contributed by atoms with E-state index in [0.717, 1.165) is 17.0 Å². The minimum Gasteiger partial charge on any atom is -0.361 e. The molecule has 2 aromatic carbocycles. The summed E-state index contributed by atoms with van der Waals surface area (Å²) in [5.74, 6) is 1.99. The predicted octanol–water partition coefficient (Wildman–Crippen LogP) is 6.35. The van der Waals surface area contributed by atoms with E-state index >= 15 is 0 Å². The summed E-state index contributed by atoms with van der Waals surface area (Å²) in [6, 6.07) is 12.9. The van der Waals surface area contributed by atoms with Crippen LogP contribution in [0.1, 0.15) is 50.2 Å². The van der Waals surface area contributed by atoms with E-state index in [-0.39, 0.29) is 29.8 Å². The lowest BCUT2D eigenvalue weighted by molar-refractivity contribution is -0.119. The highest BCUT2D eigenvalue weighted by Crippen LogP contribution is 2.22. The summed E-state index contributed by atoms with van der Waals surface area (Å²) >= 11 is 12.1. The van der Waals surface area contributed by atoms with E-state index < -0.39 is 10.0 Å². The van der Waals surface area contributed by atoms with Gasteiger partial charge in [-0.2, -0.15) is 9.97 Å². The van der Waals surface area contributed by atoms with Crippen LogP contribution in [0.15, 0.2) is 85.3 Å². The highest BCUT2D eigenvalue weighted by Gasteiger charge is 2.11. The van der Waals surface area contributed by atoms with Crippen molar-refractivity contribution >= 4 is 50.9 Å². The number of nitrogens with zero attached hydrogens (tertiary/aromatic N) is 4. The van der Waals surface area contributed by atoms with Crippen molar-refractivity contribution in [3.63, 3.8) is 0 Å². The number of primary sulfonamides is 1. The fourth-order valence-electron chi connectivity index (χ4n) is 4.51. The van der Waals surface area contributed by atoms with Crippen LogP contribution < -0.4 is 21.1 Å². The molecule has 11 nitrogen and oxygen atoms in total. The number of hydrogen-bond donors (Lipinski definition) is 4. The first-order valence-electron chi connectivity index (χ1n) is 14.7. The Bertz CT molecular complexity index is 1650. The van der Waals surface area contributed by atoms with Gasteiger partial charge in [0.15, 0.2) is 0 Å². The van der Waals surface area contributed by atoms with Crippen LogP contribution >= 0.6 is 23.2 Å². The van der Waals surface area contributed by atoms with Crippen LogP contribution in [0.3, 0.4) is 0 Å². The Kier molecular flexibility index (Phi) is 14.5. The standard InChI is InChI=1S/C23H22Cl2N8O3S.C7H14.C2H4/c24-17-4-3-16(19(25)9-17)12-29-22(34)13-28-20-10-21(33-8-7-27-14-33)32-23(31-20)30-11-15-1-5-18(6-2-15)37(26,35)36;1-7-5-3-2-4-6-7;1-2/h1-10,14H,11-13H2,(H,29,34)(H2,26,35,36)(H2,28,30,31,32);7H,2-6H2,1H3;1-2H2. The van der Waals surface area contributed by atoms with Gasteiger partial charge < -0.3 is 16.0 Å². The molecule has 46 heavy (non-hydrogen) atoms. The molecule has 14 heteroatoms. The zero-order valence-corrected chi connectivity index (χ0v) is 28.1. The summed E-state index contributed by atoms with van der Waals surface area (Å²) in [7, 11) is -3.77. The monoisotopic (exact) mass is 686 g/mol. The number of halogens is 2. The highest BCUT2D eigenvalue weighted by atomic mass is 35.5. The van der Waals surface area contributed by atoms with E-state index in [9.17, 15) is 13.2 Å². The average molecular weight is 688 g/mol. The quantitative estimate of drug-likeness (QED) is 0.141. The maximum Gasteiger partial charge on any atom is 0.239 e. The second-order valence-electron chi connectivity index (χ2n) is 10.6. The fourth-order valence-corrected chi connectivity index (χ4v) is 5.50. The van der Waals surface area contributed by atoms with Gasteiger partial charge in [0.05, 0.1) is 11.4 Å². The maximum atomic E-state index is 12.4. The molecule has 1 aliphatic rings. The van der Waals surface area contributed by atoms with Crippen LogP contribution in [0.5, 0.6) is 0 Å². The lowest BCUT2D eigenvalue weighted by atomic mass is 9.91. The van der Waals surface area contributed by atoms with Crippen LogP contribution in [0.25, 0.3) is 5.82 Å². The number of benzene rings is 2. The summed E-state index contributed by atoms with van der Waals surface area (Å²) in [6.45, 7) is 8.89. The van der Waals surface area contributed by atoms with Crippen LogP contribution in [-0.2, 0) is 27.9 Å². The number of carbonyl (C=O) groups is 1. The molecule has 1 saturated carbocycles. The Balaban J connectivity index is 0.000000558. The van der Waals surface area contributed by atoms with Crippen molar-refractivity contribution in [3.05, 3.63) is 102 Å². The normalized spacial score (nSPS) is 13.0. The summed E-state index contributed by atoms with van der Waals surface area (Å²) in [5.41, 5.74) is 1.53. The van der Waals surface area contributed by atoms with Crippen molar-refractivity contribution in [2.75, 3.05) is 17.2 Å². The Morgan fingerprint density at radius 2 is 1.72 bits per heavy atom. The van der Waals surface area contributed by atoms with E-state index in [0.29, 0.717) is 28.2 Å². The second kappa shape index (κ2) is 18.2. The number of aromatic nitrogens is 4. The molecular formula is C32H40Cl2N8O3S. The number of rotatable bonds is 10. The third-order valence-corrected chi connectivity index (χ3v) is 8.52. The van der Waals surface area contributed by atoms with Gasteiger partial charge in [0.1, 0.15) is 18.0 Å². The molecule has 0 unspecified atom stereocenters. The van der Waals surface area contributed by atoms with Gasteiger partial charge in [-0.15, -0.1) is 13.2 Å². The van der Waals surface area contributed by atoms with E-state index in [1.165, 1.54) is 44.2 Å². The van der Waals surface area contributed by atoms with Crippen molar-refractivity contribution < 1.29 is 13.2 Å². The van der Waals surface area contributed by atoms with Crippen molar-refractivity contribution in [2.24, 2.45) is 11.1 Å². The lowest BCUT2D eigenvalue weighted by Crippen LogP contribution is -2.29. The molecule has 1 fully saturated rings. The van der Waals surface area contributed by atoms with Crippen molar-refractivity contribution in [3.8, 4) is 5.82 Å². The highest BCUT2D eigenvalue weighted by molar-refractivity contribution is 7.89. The zero-order valence-electron chi connectivity index (χ0n) is 25.8. The number of imidazole rings is 1. The second-order valence-corrected chi connectivity index (χ2v) is 13.0. The number of hydrogen-bond acceptors (Lipinski definition) is 8. The molecule has 0 radical (unpaired) electrons. The maximum absolute atomic E-state index is 12.4. The zero-order chi connectivity index (χ0) is 33.5. The number of nitrogens with one attached hydrogen (secondary N) is 3. The van der Waals surface area contributed by atoms with Crippen LogP contribution in [0, 0.1) is 5.92 Å². The molecule has 246 valence electrons. The molecule has 0 saturated heterocycles. The Morgan fingerprint density at radius 1 is 1.00 bits per heavy atom. The smallest absolute Gasteiger partial charge is 0.239 e. The molecule has 5 N–H and O–H groups in total. The molecule has 0 bridgehead atoms. The third-order valence-electron chi connectivity index (χ3n) is 7.00. The Morgan fingerprint density at radius 3 is 2.30 bits per heavy atom. The molecule has 5 rings (SSSR count). The van der Waals surface area contributed by atoms with Crippen LogP contribution in [-0.4, -0.2) is 40.4 Å². The summed E-state index contributed by atoms with van der Waals surface area (Å²) in [5, 5.41) is 15.0. The van der Waals surface area contributed by atoms with Gasteiger partial charge in [-0.05, 0) is 41.3 Å². The third kappa shape index (κ3) is 12.1. The molecule has 1 aliphatic carbocycles. The first-order valence-corrected chi connectivity index (χ1v) is 17.0. The van der Waals surface area contributed by atoms with Gasteiger partial charge in [-0.3, -0.25) is 9.36 Å². The number of anilines is 2.